The van der Waals surface area contributed by atoms with E-state index in [1.54, 1.807) is 0 Å². The summed E-state index contributed by atoms with van der Waals surface area (Å²) in [5, 5.41) is 3.29. The molecule has 0 radical (unpaired) electrons. The van der Waals surface area contributed by atoms with Crippen molar-refractivity contribution in [3.63, 3.8) is 0 Å². The Hall–Kier alpha value is -2.76. The van der Waals surface area contributed by atoms with Gasteiger partial charge in [-0.2, -0.15) is 0 Å². The van der Waals surface area contributed by atoms with Gasteiger partial charge >= 0.3 is 0 Å². The average molecular weight is 379 g/mol. The molecule has 6 heteroatoms. The lowest BCUT2D eigenvalue weighted by Gasteiger charge is -2.14. The van der Waals surface area contributed by atoms with Crippen molar-refractivity contribution in [1.29, 1.82) is 0 Å². The summed E-state index contributed by atoms with van der Waals surface area (Å²) in [6.45, 7) is 15.6. The van der Waals surface area contributed by atoms with E-state index < -0.39 is 0 Å². The van der Waals surface area contributed by atoms with Crippen LogP contribution in [0.5, 0.6) is 0 Å². The van der Waals surface area contributed by atoms with E-state index in [2.05, 4.69) is 69.7 Å². The first-order chi connectivity index (χ1) is 13.3. The van der Waals surface area contributed by atoms with Crippen molar-refractivity contribution in [2.75, 3.05) is 11.9 Å². The number of fused-ring (bicyclic) bond motifs is 1. The topological polar surface area (TPSA) is 68.5 Å². The standard InChI is InChI=1S/C22H30N6/c1-8-18(19-12-25-22(26-15(19)6)24-10-13(2)3)17-9-20-21(23-11-17)27-16(7)28(20)14(4)5/h8-9,11-14H,10H2,1-7H3,(H,24,25,26)/b18-8-. The summed E-state index contributed by atoms with van der Waals surface area (Å²) in [6, 6.07) is 2.50. The lowest BCUT2D eigenvalue weighted by molar-refractivity contribution is 0.600. The minimum Gasteiger partial charge on any atom is -0.354 e. The second kappa shape index (κ2) is 8.09. The molecule has 0 aromatic carbocycles. The van der Waals surface area contributed by atoms with Crippen molar-refractivity contribution in [3.8, 4) is 0 Å². The third-order valence-corrected chi connectivity index (χ3v) is 4.78. The molecule has 0 aliphatic rings. The molecule has 3 aromatic rings. The molecule has 0 spiro atoms. The van der Waals surface area contributed by atoms with Crippen molar-refractivity contribution in [3.05, 3.63) is 47.2 Å². The first-order valence-electron chi connectivity index (χ1n) is 9.91. The maximum absolute atomic E-state index is 4.65. The number of anilines is 1. The number of hydrogen-bond acceptors (Lipinski definition) is 5. The van der Waals surface area contributed by atoms with Crippen molar-refractivity contribution >= 4 is 22.7 Å². The number of aromatic nitrogens is 5. The van der Waals surface area contributed by atoms with Crippen LogP contribution >= 0.6 is 0 Å². The summed E-state index contributed by atoms with van der Waals surface area (Å²) in [4.78, 5) is 18.4. The van der Waals surface area contributed by atoms with Crippen LogP contribution < -0.4 is 5.32 Å². The molecule has 3 rings (SSSR count). The first-order valence-corrected chi connectivity index (χ1v) is 9.91. The molecule has 0 amide bonds. The molecule has 3 aromatic heterocycles. The van der Waals surface area contributed by atoms with Gasteiger partial charge < -0.3 is 9.88 Å². The number of hydrogen-bond donors (Lipinski definition) is 1. The molecule has 0 aliphatic carbocycles. The zero-order valence-electron chi connectivity index (χ0n) is 17.9. The van der Waals surface area contributed by atoms with Crippen LogP contribution in [0.3, 0.4) is 0 Å². The van der Waals surface area contributed by atoms with E-state index in [0.717, 1.165) is 45.9 Å². The number of nitrogens with one attached hydrogen (secondary N) is 1. The smallest absolute Gasteiger partial charge is 0.222 e. The molecule has 3 heterocycles. The lowest BCUT2D eigenvalue weighted by atomic mass is 9.99. The molecule has 6 nitrogen and oxygen atoms in total. The maximum Gasteiger partial charge on any atom is 0.222 e. The summed E-state index contributed by atoms with van der Waals surface area (Å²) < 4.78 is 2.22. The predicted octanol–water partition coefficient (Wildman–Crippen LogP) is 4.94. The largest absolute Gasteiger partial charge is 0.354 e. The van der Waals surface area contributed by atoms with Gasteiger partial charge in [0.05, 0.1) is 11.2 Å². The molecular weight excluding hydrogens is 348 g/mol. The van der Waals surface area contributed by atoms with Gasteiger partial charge in [0.25, 0.3) is 0 Å². The monoisotopic (exact) mass is 378 g/mol. The van der Waals surface area contributed by atoms with Gasteiger partial charge in [-0.25, -0.2) is 19.9 Å². The van der Waals surface area contributed by atoms with Crippen LogP contribution in [0, 0.1) is 19.8 Å². The second-order valence-corrected chi connectivity index (χ2v) is 7.86. The molecule has 0 bridgehead atoms. The van der Waals surface area contributed by atoms with Crippen LogP contribution in [0.2, 0.25) is 0 Å². The van der Waals surface area contributed by atoms with Gasteiger partial charge in [-0.15, -0.1) is 0 Å². The van der Waals surface area contributed by atoms with Crippen LogP contribution in [-0.4, -0.2) is 31.0 Å². The Morgan fingerprint density at radius 3 is 2.46 bits per heavy atom. The fourth-order valence-electron chi connectivity index (χ4n) is 3.48. The summed E-state index contributed by atoms with van der Waals surface area (Å²) in [7, 11) is 0. The zero-order valence-corrected chi connectivity index (χ0v) is 17.9. The highest BCUT2D eigenvalue weighted by Gasteiger charge is 2.15. The summed E-state index contributed by atoms with van der Waals surface area (Å²) in [6.07, 6.45) is 5.88. The third-order valence-electron chi connectivity index (χ3n) is 4.78. The van der Waals surface area contributed by atoms with Crippen LogP contribution in [-0.2, 0) is 0 Å². The fraction of sp³-hybridized carbons (Fsp3) is 0.455. The van der Waals surface area contributed by atoms with Crippen LogP contribution in [0.1, 0.15) is 63.3 Å². The van der Waals surface area contributed by atoms with Gasteiger partial charge in [0.15, 0.2) is 5.65 Å². The van der Waals surface area contributed by atoms with Gasteiger partial charge in [0, 0.05) is 36.1 Å². The SMILES string of the molecule is C/C=C(/c1cnc2nc(C)n(C(C)C)c2c1)c1cnc(NCC(C)C)nc1C. The van der Waals surface area contributed by atoms with Crippen molar-refractivity contribution in [2.45, 2.75) is 54.5 Å². The molecule has 0 atom stereocenters. The van der Waals surface area contributed by atoms with E-state index in [0.29, 0.717) is 17.9 Å². The quantitative estimate of drug-likeness (QED) is 0.658. The van der Waals surface area contributed by atoms with Crippen molar-refractivity contribution in [1.82, 2.24) is 24.5 Å². The fourth-order valence-corrected chi connectivity index (χ4v) is 3.48. The summed E-state index contributed by atoms with van der Waals surface area (Å²) in [5.41, 5.74) is 5.93. The number of rotatable bonds is 6. The Morgan fingerprint density at radius 2 is 1.86 bits per heavy atom. The maximum atomic E-state index is 4.65. The van der Waals surface area contributed by atoms with Gasteiger partial charge in [-0.1, -0.05) is 19.9 Å². The minimum absolute atomic E-state index is 0.326. The second-order valence-electron chi connectivity index (χ2n) is 7.86. The highest BCUT2D eigenvalue weighted by Crippen LogP contribution is 2.28. The van der Waals surface area contributed by atoms with E-state index in [9.17, 15) is 0 Å². The Labute approximate surface area is 167 Å². The van der Waals surface area contributed by atoms with Crippen LogP contribution in [0.25, 0.3) is 16.7 Å². The lowest BCUT2D eigenvalue weighted by Crippen LogP contribution is -2.11. The molecular formula is C22H30N6. The third kappa shape index (κ3) is 3.91. The molecule has 0 fully saturated rings. The van der Waals surface area contributed by atoms with Crippen molar-refractivity contribution < 1.29 is 0 Å². The molecule has 1 N–H and O–H groups in total. The number of pyridine rings is 1. The Bertz CT molecular complexity index is 1010. The Balaban J connectivity index is 2.01. The zero-order chi connectivity index (χ0) is 20.4. The van der Waals surface area contributed by atoms with E-state index in [-0.39, 0.29) is 0 Å². The number of allylic oxidation sites excluding steroid dienone is 1. The van der Waals surface area contributed by atoms with Crippen molar-refractivity contribution in [2.24, 2.45) is 5.92 Å². The number of nitrogens with zero attached hydrogens (tertiary/aromatic N) is 5. The molecule has 148 valence electrons. The van der Waals surface area contributed by atoms with E-state index in [1.807, 2.05) is 33.2 Å². The molecule has 28 heavy (non-hydrogen) atoms. The predicted molar refractivity (Wildman–Crippen MR) is 115 cm³/mol. The molecule has 0 aliphatic heterocycles. The normalized spacial score (nSPS) is 12.4. The van der Waals surface area contributed by atoms with Gasteiger partial charge in [-0.3, -0.25) is 0 Å². The Morgan fingerprint density at radius 1 is 1.11 bits per heavy atom. The molecule has 0 unspecified atom stereocenters. The average Bonchev–Trinajstić information content (AvgIpc) is 2.97. The van der Waals surface area contributed by atoms with Gasteiger partial charge in [0.2, 0.25) is 5.95 Å². The van der Waals surface area contributed by atoms with Gasteiger partial charge in [0.1, 0.15) is 5.82 Å². The minimum atomic E-state index is 0.326. The van der Waals surface area contributed by atoms with E-state index >= 15 is 0 Å². The molecule has 0 saturated carbocycles. The van der Waals surface area contributed by atoms with Crippen LogP contribution in [0.15, 0.2) is 24.5 Å². The summed E-state index contributed by atoms with van der Waals surface area (Å²) >= 11 is 0. The van der Waals surface area contributed by atoms with Crippen LogP contribution in [0.4, 0.5) is 5.95 Å². The first kappa shape index (κ1) is 20.0. The number of imidazole rings is 1. The Kier molecular flexibility index (Phi) is 5.77. The highest BCUT2D eigenvalue weighted by molar-refractivity contribution is 5.85. The number of aryl methyl sites for hydroxylation is 2. The highest BCUT2D eigenvalue weighted by atomic mass is 15.1. The molecule has 0 saturated heterocycles. The van der Waals surface area contributed by atoms with E-state index in [4.69, 9.17) is 0 Å². The van der Waals surface area contributed by atoms with E-state index in [1.165, 1.54) is 0 Å². The summed E-state index contributed by atoms with van der Waals surface area (Å²) in [5.74, 6) is 2.20. The van der Waals surface area contributed by atoms with Gasteiger partial charge in [-0.05, 0) is 52.2 Å².